The maximum atomic E-state index is 12.8. The normalized spacial score (nSPS) is 20.4. The summed E-state index contributed by atoms with van der Waals surface area (Å²) < 4.78 is 12.6. The number of aromatic hydroxyl groups is 1. The van der Waals surface area contributed by atoms with Crippen molar-refractivity contribution in [3.05, 3.63) is 65.7 Å². The van der Waals surface area contributed by atoms with Gasteiger partial charge in [0.1, 0.15) is 18.0 Å². The molecule has 8 heteroatoms. The number of carbonyl (C=O) groups is 2. The van der Waals surface area contributed by atoms with Gasteiger partial charge < -0.3 is 20.0 Å². The maximum Gasteiger partial charge on any atom is 0.326 e. The Hall–Kier alpha value is -2.63. The van der Waals surface area contributed by atoms with Gasteiger partial charge in [-0.1, -0.05) is 42.5 Å². The van der Waals surface area contributed by atoms with Crippen LogP contribution < -0.4 is 0 Å². The Kier molecular flexibility index (Phi) is 7.52. The van der Waals surface area contributed by atoms with E-state index in [1.807, 2.05) is 30.3 Å². The number of rotatable bonds is 9. The topological polar surface area (TPSA) is 115 Å². The summed E-state index contributed by atoms with van der Waals surface area (Å²) in [5.41, 5.74) is 1.99. The predicted octanol–water partition coefficient (Wildman–Crippen LogP) is 3.45. The molecule has 1 heterocycles. The van der Waals surface area contributed by atoms with E-state index in [4.69, 9.17) is 0 Å². The van der Waals surface area contributed by atoms with Gasteiger partial charge in [0.15, 0.2) is 0 Å². The van der Waals surface area contributed by atoms with Gasteiger partial charge in [-0.15, -0.1) is 0 Å². The number of phenolic OH excluding ortho intramolecular Hbond substituents is 1. The van der Waals surface area contributed by atoms with Crippen molar-refractivity contribution >= 4 is 19.2 Å². The number of aryl methyl sites for hydroxylation is 1. The van der Waals surface area contributed by atoms with E-state index in [0.29, 0.717) is 6.42 Å². The lowest BCUT2D eigenvalue weighted by molar-refractivity contribution is -0.147. The van der Waals surface area contributed by atoms with Gasteiger partial charge in [0.2, 0.25) is 13.3 Å². The second kappa shape index (κ2) is 10.1. The number of hydrogen-bond donors (Lipinski definition) is 3. The van der Waals surface area contributed by atoms with Crippen LogP contribution in [0.1, 0.15) is 36.3 Å². The summed E-state index contributed by atoms with van der Waals surface area (Å²) in [5, 5.41) is 19.0. The molecule has 31 heavy (non-hydrogen) atoms. The molecule has 1 aliphatic heterocycles. The van der Waals surface area contributed by atoms with Crippen LogP contribution in [0, 0.1) is 0 Å². The zero-order valence-electron chi connectivity index (χ0n) is 17.3. The second-order valence-corrected chi connectivity index (χ2v) is 10.6. The minimum atomic E-state index is -3.69. The third kappa shape index (κ3) is 6.42. The summed E-state index contributed by atoms with van der Waals surface area (Å²) in [7, 11) is -3.69. The molecular formula is C23H28NO6P. The number of hydrogen-bond acceptors (Lipinski definition) is 4. The third-order valence-corrected chi connectivity index (χ3v) is 7.50. The Morgan fingerprint density at radius 3 is 2.35 bits per heavy atom. The van der Waals surface area contributed by atoms with Crippen molar-refractivity contribution < 1.29 is 29.3 Å². The summed E-state index contributed by atoms with van der Waals surface area (Å²) >= 11 is 0. The van der Waals surface area contributed by atoms with Crippen LogP contribution >= 0.6 is 7.37 Å². The Morgan fingerprint density at radius 2 is 1.71 bits per heavy atom. The van der Waals surface area contributed by atoms with Crippen LogP contribution in [0.25, 0.3) is 0 Å². The van der Waals surface area contributed by atoms with Crippen molar-refractivity contribution in [1.82, 2.24) is 4.90 Å². The number of carboxylic acids is 1. The number of carboxylic acid groups (broad SMARTS) is 1. The van der Waals surface area contributed by atoms with E-state index < -0.39 is 31.4 Å². The lowest BCUT2D eigenvalue weighted by atomic mass is 9.96. The van der Waals surface area contributed by atoms with Crippen molar-refractivity contribution in [3.63, 3.8) is 0 Å². The van der Waals surface area contributed by atoms with Gasteiger partial charge in [0.05, 0.1) is 0 Å². The molecule has 2 aromatic carbocycles. The molecule has 1 aliphatic rings. The molecule has 0 aliphatic carbocycles. The number of likely N-dealkylation sites (tertiary alicyclic amines) is 1. The fourth-order valence-electron chi connectivity index (χ4n) is 4.05. The Labute approximate surface area is 181 Å². The molecule has 1 fully saturated rings. The Bertz CT molecular complexity index is 946. The van der Waals surface area contributed by atoms with E-state index in [-0.39, 0.29) is 30.8 Å². The Morgan fingerprint density at radius 1 is 1.03 bits per heavy atom. The molecule has 1 unspecified atom stereocenters. The van der Waals surface area contributed by atoms with Crippen LogP contribution in [0.15, 0.2) is 54.6 Å². The zero-order valence-corrected chi connectivity index (χ0v) is 18.2. The maximum absolute atomic E-state index is 12.8. The third-order valence-electron chi connectivity index (χ3n) is 5.72. The minimum absolute atomic E-state index is 0.0402. The van der Waals surface area contributed by atoms with Crippen molar-refractivity contribution in [3.8, 4) is 5.75 Å². The molecule has 1 amide bonds. The summed E-state index contributed by atoms with van der Waals surface area (Å²) in [4.78, 5) is 36.0. The number of benzene rings is 2. The summed E-state index contributed by atoms with van der Waals surface area (Å²) in [6.07, 6.45) is 1.81. The van der Waals surface area contributed by atoms with Crippen LogP contribution in [-0.4, -0.2) is 56.8 Å². The van der Waals surface area contributed by atoms with E-state index in [1.165, 1.54) is 17.0 Å². The van der Waals surface area contributed by atoms with Crippen LogP contribution in [0.3, 0.4) is 0 Å². The van der Waals surface area contributed by atoms with Crippen LogP contribution in [-0.2, 0) is 20.6 Å². The smallest absolute Gasteiger partial charge is 0.326 e. The highest BCUT2D eigenvalue weighted by molar-refractivity contribution is 7.58. The number of nitrogens with zero attached hydrogens (tertiary/aromatic N) is 1. The van der Waals surface area contributed by atoms with Gasteiger partial charge in [0.25, 0.3) is 0 Å². The molecule has 166 valence electrons. The first-order valence-corrected chi connectivity index (χ1v) is 12.4. The summed E-state index contributed by atoms with van der Waals surface area (Å²) in [5.74, 6) is -1.81. The molecule has 0 spiro atoms. The minimum Gasteiger partial charge on any atom is -0.508 e. The molecule has 7 nitrogen and oxygen atoms in total. The molecule has 0 bridgehead atoms. The van der Waals surface area contributed by atoms with E-state index in [2.05, 4.69) is 0 Å². The molecule has 3 rings (SSSR count). The molecule has 1 saturated heterocycles. The first-order chi connectivity index (χ1) is 14.7. The Balaban J connectivity index is 1.55. The number of amides is 1. The molecule has 3 atom stereocenters. The summed E-state index contributed by atoms with van der Waals surface area (Å²) in [6.45, 7) is 0.175. The van der Waals surface area contributed by atoms with E-state index >= 15 is 0 Å². The molecule has 3 N–H and O–H groups in total. The highest BCUT2D eigenvalue weighted by atomic mass is 31.2. The van der Waals surface area contributed by atoms with Gasteiger partial charge in [0, 0.05) is 18.6 Å². The molecule has 0 saturated carbocycles. The highest BCUT2D eigenvalue weighted by Crippen LogP contribution is 2.43. The second-order valence-electron chi connectivity index (χ2n) is 8.10. The van der Waals surface area contributed by atoms with Crippen molar-refractivity contribution in [1.29, 1.82) is 0 Å². The van der Waals surface area contributed by atoms with Crippen molar-refractivity contribution in [2.24, 2.45) is 0 Å². The quantitative estimate of drug-likeness (QED) is 0.402. The van der Waals surface area contributed by atoms with Gasteiger partial charge >= 0.3 is 5.97 Å². The van der Waals surface area contributed by atoms with Gasteiger partial charge in [-0.25, -0.2) is 4.79 Å². The van der Waals surface area contributed by atoms with Crippen LogP contribution in [0.2, 0.25) is 0 Å². The van der Waals surface area contributed by atoms with Crippen LogP contribution in [0.5, 0.6) is 5.75 Å². The summed E-state index contributed by atoms with van der Waals surface area (Å²) in [6, 6.07) is 15.3. The van der Waals surface area contributed by atoms with E-state index in [0.717, 1.165) is 24.0 Å². The average Bonchev–Trinajstić information content (AvgIpc) is 3.18. The average molecular weight is 445 g/mol. The molecular weight excluding hydrogens is 417 g/mol. The van der Waals surface area contributed by atoms with Crippen molar-refractivity contribution in [2.75, 3.05) is 18.9 Å². The van der Waals surface area contributed by atoms with Gasteiger partial charge in [-0.2, -0.15) is 0 Å². The number of phenols is 1. The van der Waals surface area contributed by atoms with Gasteiger partial charge in [-0.3, -0.25) is 9.36 Å². The first-order valence-electron chi connectivity index (χ1n) is 10.4. The fraction of sp³-hybridized carbons (Fsp3) is 0.391. The monoisotopic (exact) mass is 445 g/mol. The zero-order chi connectivity index (χ0) is 22.4. The number of carbonyl (C=O) groups excluding carboxylic acids is 1. The lowest BCUT2D eigenvalue weighted by Crippen LogP contribution is -2.42. The molecule has 0 aromatic heterocycles. The largest absolute Gasteiger partial charge is 0.508 e. The molecule has 0 radical (unpaired) electrons. The SMILES string of the molecule is O=C(O)[C@@H]1C[C@@H](c2ccc(O)cc2)CN1C(=O)CP(=O)(O)CCCCc1ccccc1. The van der Waals surface area contributed by atoms with Gasteiger partial charge in [-0.05, 0) is 48.9 Å². The van der Waals surface area contributed by atoms with E-state index in [9.17, 15) is 29.3 Å². The predicted molar refractivity (Wildman–Crippen MR) is 118 cm³/mol. The lowest BCUT2D eigenvalue weighted by Gasteiger charge is -2.23. The molecule has 2 aromatic rings. The van der Waals surface area contributed by atoms with Crippen LogP contribution in [0.4, 0.5) is 0 Å². The number of unbranched alkanes of at least 4 members (excludes halogenated alkanes) is 1. The standard InChI is InChI=1S/C23H28NO6P/c25-20-11-9-18(10-12-20)19-14-21(23(27)28)24(15-19)22(26)16-31(29,30)13-5-4-8-17-6-2-1-3-7-17/h1-3,6-7,9-12,19,21,25H,4-5,8,13-16H2,(H,27,28)(H,29,30)/t19-,21+/m1/s1. The van der Waals surface area contributed by atoms with Crippen molar-refractivity contribution in [2.45, 2.75) is 37.6 Å². The first kappa shape index (κ1) is 23.0. The van der Waals surface area contributed by atoms with E-state index in [1.54, 1.807) is 12.1 Å². The fourth-order valence-corrected chi connectivity index (χ4v) is 5.53. The highest BCUT2D eigenvalue weighted by Gasteiger charge is 2.41. The number of aliphatic carboxylic acids is 1.